The lowest BCUT2D eigenvalue weighted by Gasteiger charge is -2.09. The van der Waals surface area contributed by atoms with E-state index in [1.807, 2.05) is 39.0 Å². The van der Waals surface area contributed by atoms with Crippen LogP contribution >= 0.6 is 0 Å². The largest absolute Gasteiger partial charge is 0.462 e. The summed E-state index contributed by atoms with van der Waals surface area (Å²) < 4.78 is 10.1. The van der Waals surface area contributed by atoms with Crippen LogP contribution in [0.5, 0.6) is 0 Å². The molecule has 0 heterocycles. The summed E-state index contributed by atoms with van der Waals surface area (Å²) in [7, 11) is 0. The SMILES string of the molecule is Cc1ccccc1NC(=O)CCC(=O)OCC(=O)Nc1ccc(C(=O)OCC(C)C)cc1. The molecule has 2 aromatic rings. The Morgan fingerprint density at radius 3 is 2.19 bits per heavy atom. The number of para-hydroxylation sites is 1. The number of esters is 2. The monoisotopic (exact) mass is 440 g/mol. The molecule has 2 N–H and O–H groups in total. The molecule has 0 unspecified atom stereocenters. The number of carbonyl (C=O) groups is 4. The van der Waals surface area contributed by atoms with Gasteiger partial charge in [0.1, 0.15) is 0 Å². The summed E-state index contributed by atoms with van der Waals surface area (Å²) >= 11 is 0. The molecule has 2 rings (SSSR count). The minimum Gasteiger partial charge on any atom is -0.462 e. The summed E-state index contributed by atoms with van der Waals surface area (Å²) in [5.41, 5.74) is 2.42. The van der Waals surface area contributed by atoms with Gasteiger partial charge in [-0.05, 0) is 48.7 Å². The molecule has 0 aliphatic carbocycles. The average Bonchev–Trinajstić information content (AvgIpc) is 2.76. The van der Waals surface area contributed by atoms with Crippen molar-refractivity contribution in [2.75, 3.05) is 23.8 Å². The van der Waals surface area contributed by atoms with E-state index in [1.165, 1.54) is 12.1 Å². The van der Waals surface area contributed by atoms with Gasteiger partial charge in [0.2, 0.25) is 5.91 Å². The van der Waals surface area contributed by atoms with Gasteiger partial charge in [-0.3, -0.25) is 14.4 Å². The number of hydrogen-bond donors (Lipinski definition) is 2. The number of rotatable bonds is 10. The molecule has 32 heavy (non-hydrogen) atoms. The maximum absolute atomic E-state index is 12.0. The van der Waals surface area contributed by atoms with E-state index in [9.17, 15) is 19.2 Å². The second-order valence-electron chi connectivity index (χ2n) is 7.64. The van der Waals surface area contributed by atoms with Crippen molar-refractivity contribution in [3.05, 3.63) is 59.7 Å². The number of aryl methyl sites for hydroxylation is 1. The molecule has 0 saturated carbocycles. The van der Waals surface area contributed by atoms with Crippen molar-refractivity contribution in [3.8, 4) is 0 Å². The van der Waals surface area contributed by atoms with Crippen LogP contribution in [0.2, 0.25) is 0 Å². The number of anilines is 2. The maximum Gasteiger partial charge on any atom is 0.338 e. The van der Waals surface area contributed by atoms with Crippen LogP contribution < -0.4 is 10.6 Å². The number of amides is 2. The lowest BCUT2D eigenvalue weighted by molar-refractivity contribution is -0.147. The normalized spacial score (nSPS) is 10.4. The molecule has 0 spiro atoms. The van der Waals surface area contributed by atoms with Gasteiger partial charge in [-0.2, -0.15) is 0 Å². The Morgan fingerprint density at radius 1 is 0.844 bits per heavy atom. The molecule has 0 fully saturated rings. The first-order valence-corrected chi connectivity index (χ1v) is 10.3. The highest BCUT2D eigenvalue weighted by molar-refractivity contribution is 5.95. The van der Waals surface area contributed by atoms with Crippen LogP contribution in [0, 0.1) is 12.8 Å². The van der Waals surface area contributed by atoms with Gasteiger partial charge in [0.25, 0.3) is 5.91 Å². The summed E-state index contributed by atoms with van der Waals surface area (Å²) in [4.78, 5) is 47.6. The van der Waals surface area contributed by atoms with Gasteiger partial charge >= 0.3 is 11.9 Å². The zero-order chi connectivity index (χ0) is 23.5. The second kappa shape index (κ2) is 12.2. The van der Waals surface area contributed by atoms with Crippen LogP contribution in [0.15, 0.2) is 48.5 Å². The van der Waals surface area contributed by atoms with E-state index >= 15 is 0 Å². The van der Waals surface area contributed by atoms with Crippen LogP contribution in [0.4, 0.5) is 11.4 Å². The standard InChI is InChI=1S/C24H28N2O6/c1-16(2)14-32-24(30)18-8-10-19(11-9-18)25-22(28)15-31-23(29)13-12-21(27)26-20-7-5-4-6-17(20)3/h4-11,16H,12-15H2,1-3H3,(H,25,28)(H,26,27). The highest BCUT2D eigenvalue weighted by atomic mass is 16.5. The second-order valence-corrected chi connectivity index (χ2v) is 7.64. The fourth-order valence-corrected chi connectivity index (χ4v) is 2.57. The summed E-state index contributed by atoms with van der Waals surface area (Å²) in [5, 5.41) is 5.30. The zero-order valence-corrected chi connectivity index (χ0v) is 18.5. The van der Waals surface area contributed by atoms with Gasteiger partial charge in [0.15, 0.2) is 6.61 Å². The summed E-state index contributed by atoms with van der Waals surface area (Å²) in [5.74, 6) is -1.69. The molecule has 8 nitrogen and oxygen atoms in total. The Balaban J connectivity index is 1.69. The van der Waals surface area contributed by atoms with Crippen LogP contribution in [-0.2, 0) is 23.9 Å². The van der Waals surface area contributed by atoms with Crippen molar-refractivity contribution in [1.29, 1.82) is 0 Å². The summed E-state index contributed by atoms with van der Waals surface area (Å²) in [6.45, 7) is 5.61. The first-order valence-electron chi connectivity index (χ1n) is 10.3. The maximum atomic E-state index is 12.0. The van der Waals surface area contributed by atoms with Crippen LogP contribution in [0.25, 0.3) is 0 Å². The quantitative estimate of drug-likeness (QED) is 0.545. The summed E-state index contributed by atoms with van der Waals surface area (Å²) in [6.07, 6.45) is -0.193. The van der Waals surface area contributed by atoms with Gasteiger partial charge in [-0.15, -0.1) is 0 Å². The molecule has 0 radical (unpaired) electrons. The number of hydrogen-bond acceptors (Lipinski definition) is 6. The third-order valence-corrected chi connectivity index (χ3v) is 4.29. The molecular formula is C24H28N2O6. The van der Waals surface area contributed by atoms with Crippen molar-refractivity contribution in [2.45, 2.75) is 33.6 Å². The molecule has 0 saturated heterocycles. The fourth-order valence-electron chi connectivity index (χ4n) is 2.57. The zero-order valence-electron chi connectivity index (χ0n) is 18.5. The van der Waals surface area contributed by atoms with E-state index in [0.29, 0.717) is 23.5 Å². The van der Waals surface area contributed by atoms with Gasteiger partial charge < -0.3 is 20.1 Å². The first-order chi connectivity index (χ1) is 15.2. The number of nitrogens with one attached hydrogen (secondary N) is 2. The molecule has 0 bridgehead atoms. The Kier molecular flexibility index (Phi) is 9.41. The lowest BCUT2D eigenvalue weighted by Crippen LogP contribution is -2.22. The Bertz CT molecular complexity index is 953. The van der Waals surface area contributed by atoms with E-state index < -0.39 is 24.5 Å². The molecule has 0 aliphatic rings. The molecule has 0 aromatic heterocycles. The molecule has 0 aliphatic heterocycles. The Morgan fingerprint density at radius 2 is 1.53 bits per heavy atom. The van der Waals surface area contributed by atoms with E-state index in [0.717, 1.165) is 5.56 Å². The Labute approximate surface area is 187 Å². The van der Waals surface area contributed by atoms with Gasteiger partial charge in [0.05, 0.1) is 18.6 Å². The van der Waals surface area contributed by atoms with Gasteiger partial charge in [-0.1, -0.05) is 32.0 Å². The van der Waals surface area contributed by atoms with Gasteiger partial charge in [-0.25, -0.2) is 4.79 Å². The van der Waals surface area contributed by atoms with Crippen molar-refractivity contribution in [1.82, 2.24) is 0 Å². The third kappa shape index (κ3) is 8.59. The minimum atomic E-state index is -0.650. The van der Waals surface area contributed by atoms with Crippen molar-refractivity contribution < 1.29 is 28.7 Å². The van der Waals surface area contributed by atoms with Crippen molar-refractivity contribution in [2.24, 2.45) is 5.92 Å². The molecule has 8 heteroatoms. The smallest absolute Gasteiger partial charge is 0.338 e. The van der Waals surface area contributed by atoms with E-state index in [2.05, 4.69) is 10.6 Å². The van der Waals surface area contributed by atoms with Crippen LogP contribution in [0.3, 0.4) is 0 Å². The molecule has 0 atom stereocenters. The highest BCUT2D eigenvalue weighted by Gasteiger charge is 2.12. The predicted molar refractivity (Wildman–Crippen MR) is 120 cm³/mol. The van der Waals surface area contributed by atoms with Crippen molar-refractivity contribution >= 4 is 35.1 Å². The van der Waals surface area contributed by atoms with Gasteiger partial charge in [0, 0.05) is 17.8 Å². The first kappa shape index (κ1) is 24.6. The molecule has 2 amide bonds. The molecule has 170 valence electrons. The number of ether oxygens (including phenoxy) is 2. The fraction of sp³-hybridized carbons (Fsp3) is 0.333. The van der Waals surface area contributed by atoms with E-state index in [1.54, 1.807) is 18.2 Å². The minimum absolute atomic E-state index is 0.0524. The average molecular weight is 440 g/mol. The lowest BCUT2D eigenvalue weighted by atomic mass is 10.2. The number of benzene rings is 2. The van der Waals surface area contributed by atoms with Crippen molar-refractivity contribution in [3.63, 3.8) is 0 Å². The summed E-state index contributed by atoms with van der Waals surface area (Å²) in [6, 6.07) is 13.5. The highest BCUT2D eigenvalue weighted by Crippen LogP contribution is 2.14. The Hall–Kier alpha value is -3.68. The molecular weight excluding hydrogens is 412 g/mol. The topological polar surface area (TPSA) is 111 Å². The van der Waals surface area contributed by atoms with E-state index in [4.69, 9.17) is 9.47 Å². The van der Waals surface area contributed by atoms with Crippen LogP contribution in [-0.4, -0.2) is 37.0 Å². The van der Waals surface area contributed by atoms with Crippen LogP contribution in [0.1, 0.15) is 42.6 Å². The molecule has 2 aromatic carbocycles. The predicted octanol–water partition coefficient (Wildman–Crippen LogP) is 3.71. The third-order valence-electron chi connectivity index (χ3n) is 4.29. The van der Waals surface area contributed by atoms with E-state index in [-0.39, 0.29) is 24.7 Å². The number of carbonyl (C=O) groups excluding carboxylic acids is 4.